The Labute approximate surface area is 169 Å². The van der Waals surface area contributed by atoms with E-state index < -0.39 is 17.2 Å². The van der Waals surface area contributed by atoms with E-state index in [0.717, 1.165) is 11.8 Å². The highest BCUT2D eigenvalue weighted by atomic mass is 35.5. The Morgan fingerprint density at radius 2 is 2.04 bits per heavy atom. The lowest BCUT2D eigenvalue weighted by molar-refractivity contribution is -0.115. The first kappa shape index (κ1) is 20.1. The summed E-state index contributed by atoms with van der Waals surface area (Å²) >= 11 is 6.85. The molecule has 2 aromatic heterocycles. The van der Waals surface area contributed by atoms with Crippen molar-refractivity contribution in [2.75, 3.05) is 5.32 Å². The topological polar surface area (TPSA) is 90.1 Å². The molecule has 2 heterocycles. The van der Waals surface area contributed by atoms with Crippen molar-refractivity contribution in [3.63, 3.8) is 0 Å². The van der Waals surface area contributed by atoms with Crippen LogP contribution in [0.2, 0.25) is 5.02 Å². The predicted octanol–water partition coefficient (Wildman–Crippen LogP) is 4.52. The van der Waals surface area contributed by atoms with Gasteiger partial charge >= 0.3 is 0 Å². The number of hydrogen-bond acceptors (Lipinski definition) is 7. The highest BCUT2D eigenvalue weighted by Crippen LogP contribution is 2.27. The number of pyridine rings is 1. The third-order valence-electron chi connectivity index (χ3n) is 3.54. The fourth-order valence-electron chi connectivity index (χ4n) is 2.10. The van der Waals surface area contributed by atoms with Crippen molar-refractivity contribution in [3.8, 4) is 5.75 Å². The summed E-state index contributed by atoms with van der Waals surface area (Å²) in [5.41, 5.74) is 0. The van der Waals surface area contributed by atoms with Crippen LogP contribution >= 0.6 is 23.4 Å². The quantitative estimate of drug-likeness (QED) is 0.560. The molecular weight excluding hydrogens is 407 g/mol. The van der Waals surface area contributed by atoms with Crippen molar-refractivity contribution in [3.05, 3.63) is 59.3 Å². The average molecular weight is 423 g/mol. The molecule has 3 aromatic rings. The van der Waals surface area contributed by atoms with Gasteiger partial charge in [0.1, 0.15) is 5.82 Å². The van der Waals surface area contributed by atoms with Crippen molar-refractivity contribution < 1.29 is 18.3 Å². The predicted molar refractivity (Wildman–Crippen MR) is 103 cm³/mol. The van der Waals surface area contributed by atoms with Crippen molar-refractivity contribution in [2.45, 2.75) is 30.4 Å². The van der Waals surface area contributed by atoms with Crippen molar-refractivity contribution in [1.82, 2.24) is 15.2 Å². The van der Waals surface area contributed by atoms with Gasteiger partial charge < -0.3 is 14.5 Å². The number of para-hydroxylation sites is 1. The number of nitrogens with zero attached hydrogens (tertiary/aromatic N) is 3. The second-order valence-corrected chi connectivity index (χ2v) is 7.44. The van der Waals surface area contributed by atoms with E-state index in [1.165, 1.54) is 18.3 Å². The van der Waals surface area contributed by atoms with Gasteiger partial charge in [-0.3, -0.25) is 4.79 Å². The number of amides is 1. The number of nitrogens with one attached hydrogen (secondary N) is 1. The zero-order valence-corrected chi connectivity index (χ0v) is 16.5. The molecule has 10 heteroatoms. The van der Waals surface area contributed by atoms with Crippen molar-refractivity contribution in [1.29, 1.82) is 0 Å². The number of benzene rings is 1. The molecule has 28 heavy (non-hydrogen) atoms. The van der Waals surface area contributed by atoms with Gasteiger partial charge in [-0.15, -0.1) is 10.2 Å². The molecule has 0 saturated carbocycles. The Bertz CT molecular complexity index is 954. The fraction of sp³-hybridized carbons (Fsp3) is 0.222. The minimum atomic E-state index is -0.652. The second-order valence-electron chi connectivity index (χ2n) is 5.71. The Hall–Kier alpha value is -2.65. The Kier molecular flexibility index (Phi) is 6.48. The van der Waals surface area contributed by atoms with Crippen molar-refractivity contribution in [2.24, 2.45) is 0 Å². The fourth-order valence-corrected chi connectivity index (χ4v) is 2.90. The zero-order chi connectivity index (χ0) is 20.1. The number of anilines is 1. The molecule has 7 nitrogen and oxygen atoms in total. The summed E-state index contributed by atoms with van der Waals surface area (Å²) in [4.78, 5) is 16.3. The van der Waals surface area contributed by atoms with E-state index in [2.05, 4.69) is 20.5 Å². The molecule has 0 bridgehead atoms. The van der Waals surface area contributed by atoms with Crippen molar-refractivity contribution >= 4 is 35.1 Å². The first-order valence-electron chi connectivity index (χ1n) is 8.26. The normalized spacial score (nSPS) is 13.0. The molecule has 146 valence electrons. The summed E-state index contributed by atoms with van der Waals surface area (Å²) in [7, 11) is 0. The number of aromatic nitrogens is 3. The van der Waals surface area contributed by atoms with Crippen LogP contribution in [-0.4, -0.2) is 26.3 Å². The van der Waals surface area contributed by atoms with E-state index in [-0.39, 0.29) is 22.8 Å². The lowest BCUT2D eigenvalue weighted by atomic mass is 10.3. The van der Waals surface area contributed by atoms with Crippen LogP contribution < -0.4 is 10.1 Å². The minimum absolute atomic E-state index is 0.0885. The SMILES string of the molecule is C[C@H](Sc1nnc([C@H](C)Oc2ccccc2F)o1)C(=O)Nc1ccc(Cl)cn1. The van der Waals surface area contributed by atoms with Gasteiger partial charge in [-0.25, -0.2) is 9.37 Å². The Balaban J connectivity index is 1.58. The summed E-state index contributed by atoms with van der Waals surface area (Å²) < 4.78 is 24.7. The highest BCUT2D eigenvalue weighted by molar-refractivity contribution is 8.00. The maximum atomic E-state index is 13.7. The Morgan fingerprint density at radius 1 is 1.25 bits per heavy atom. The molecule has 1 aromatic carbocycles. The number of hydrogen-bond donors (Lipinski definition) is 1. The van der Waals surface area contributed by atoms with Crippen LogP contribution in [-0.2, 0) is 4.79 Å². The molecule has 0 saturated heterocycles. The van der Waals surface area contributed by atoms with Gasteiger partial charge in [0.15, 0.2) is 17.7 Å². The molecular formula is C18H16ClFN4O3S. The van der Waals surface area contributed by atoms with Gasteiger partial charge in [0.2, 0.25) is 5.91 Å². The molecule has 0 aliphatic heterocycles. The highest BCUT2D eigenvalue weighted by Gasteiger charge is 2.21. The van der Waals surface area contributed by atoms with Crippen LogP contribution in [0.4, 0.5) is 10.2 Å². The number of carbonyl (C=O) groups excluding carboxylic acids is 1. The number of thioether (sulfide) groups is 1. The largest absolute Gasteiger partial charge is 0.478 e. The summed E-state index contributed by atoms with van der Waals surface area (Å²) in [6.45, 7) is 3.36. The molecule has 1 amide bonds. The molecule has 0 aliphatic carbocycles. The first-order chi connectivity index (χ1) is 13.4. The number of halogens is 2. The molecule has 2 atom stereocenters. The lowest BCUT2D eigenvalue weighted by Gasteiger charge is -2.11. The molecule has 0 spiro atoms. The van der Waals surface area contributed by atoms with Gasteiger partial charge in [0.05, 0.1) is 10.3 Å². The van der Waals surface area contributed by atoms with Crippen LogP contribution in [0.25, 0.3) is 0 Å². The van der Waals surface area contributed by atoms with Gasteiger partial charge in [-0.05, 0) is 38.1 Å². The maximum Gasteiger partial charge on any atom is 0.277 e. The Morgan fingerprint density at radius 3 is 2.75 bits per heavy atom. The third-order valence-corrected chi connectivity index (χ3v) is 4.69. The maximum absolute atomic E-state index is 13.7. The molecule has 0 unspecified atom stereocenters. The smallest absolute Gasteiger partial charge is 0.277 e. The molecule has 0 fully saturated rings. The van der Waals surface area contributed by atoms with Gasteiger partial charge in [0.25, 0.3) is 11.1 Å². The van der Waals surface area contributed by atoms with Crippen LogP contribution in [0.15, 0.2) is 52.2 Å². The summed E-state index contributed by atoms with van der Waals surface area (Å²) in [5.74, 6) is -0.108. The van der Waals surface area contributed by atoms with Gasteiger partial charge in [-0.1, -0.05) is 35.5 Å². The van der Waals surface area contributed by atoms with Gasteiger partial charge in [0, 0.05) is 6.20 Å². The van der Waals surface area contributed by atoms with E-state index in [4.69, 9.17) is 20.8 Å². The molecule has 0 radical (unpaired) electrons. The minimum Gasteiger partial charge on any atom is -0.478 e. The van der Waals surface area contributed by atoms with E-state index in [1.54, 1.807) is 38.1 Å². The molecule has 3 rings (SSSR count). The lowest BCUT2D eigenvalue weighted by Crippen LogP contribution is -2.22. The standard InChI is InChI=1S/C18H16ClFN4O3S/c1-10(26-14-6-4-3-5-13(14)20)17-23-24-18(27-17)28-11(2)16(25)22-15-8-7-12(19)9-21-15/h3-11H,1-2H3,(H,21,22,25)/t10-,11-/m0/s1. The molecule has 0 aliphatic rings. The van der Waals surface area contributed by atoms with E-state index in [9.17, 15) is 9.18 Å². The summed E-state index contributed by atoms with van der Waals surface area (Å²) in [5, 5.41) is 10.6. The number of carbonyl (C=O) groups is 1. The zero-order valence-electron chi connectivity index (χ0n) is 14.9. The van der Waals surface area contributed by atoms with Gasteiger partial charge in [-0.2, -0.15) is 0 Å². The average Bonchev–Trinajstić information content (AvgIpc) is 3.14. The number of ether oxygens (including phenoxy) is 1. The van der Waals surface area contributed by atoms with E-state index >= 15 is 0 Å². The summed E-state index contributed by atoms with van der Waals surface area (Å²) in [6.07, 6.45) is 0.789. The third kappa shape index (κ3) is 5.20. The summed E-state index contributed by atoms with van der Waals surface area (Å²) in [6, 6.07) is 9.27. The van der Waals surface area contributed by atoms with E-state index in [0.29, 0.717) is 10.8 Å². The van der Waals surface area contributed by atoms with Crippen LogP contribution in [0, 0.1) is 5.82 Å². The van der Waals surface area contributed by atoms with Crippen LogP contribution in [0.1, 0.15) is 25.8 Å². The monoisotopic (exact) mass is 422 g/mol. The van der Waals surface area contributed by atoms with Crippen LogP contribution in [0.5, 0.6) is 5.75 Å². The molecule has 1 N–H and O–H groups in total. The van der Waals surface area contributed by atoms with E-state index in [1.807, 2.05) is 0 Å². The first-order valence-corrected chi connectivity index (χ1v) is 9.52. The number of rotatable bonds is 7. The van der Waals surface area contributed by atoms with Crippen LogP contribution in [0.3, 0.4) is 0 Å². The second kappa shape index (κ2) is 9.03.